The highest BCUT2D eigenvalue weighted by Crippen LogP contribution is 2.14. The van der Waals surface area contributed by atoms with E-state index in [1.807, 2.05) is 6.07 Å². The molecule has 3 nitrogen and oxygen atoms in total. The zero-order valence-corrected chi connectivity index (χ0v) is 8.65. The van der Waals surface area contributed by atoms with Crippen molar-refractivity contribution in [1.82, 2.24) is 5.32 Å². The number of nitrogens with zero attached hydrogens (tertiary/aromatic N) is 1. The third-order valence-corrected chi connectivity index (χ3v) is 2.63. The normalized spacial score (nSPS) is 11.3. The first-order chi connectivity index (χ1) is 7.07. The SMILES string of the molecule is N#Cc1csc(CNCC(F)(F)CO)c1. The van der Waals surface area contributed by atoms with Gasteiger partial charge < -0.3 is 10.4 Å². The van der Waals surface area contributed by atoms with E-state index in [1.165, 1.54) is 11.3 Å². The maximum absolute atomic E-state index is 12.6. The summed E-state index contributed by atoms with van der Waals surface area (Å²) in [6.07, 6.45) is 0. The summed E-state index contributed by atoms with van der Waals surface area (Å²) in [5, 5.41) is 21.0. The number of aliphatic hydroxyl groups excluding tert-OH is 1. The quantitative estimate of drug-likeness (QED) is 0.805. The molecule has 0 saturated heterocycles. The highest BCUT2D eigenvalue weighted by Gasteiger charge is 2.26. The Balaban J connectivity index is 2.35. The molecule has 0 spiro atoms. The largest absolute Gasteiger partial charge is 0.390 e. The van der Waals surface area contributed by atoms with Crippen molar-refractivity contribution in [3.8, 4) is 6.07 Å². The van der Waals surface area contributed by atoms with E-state index in [9.17, 15) is 8.78 Å². The number of hydrogen-bond donors (Lipinski definition) is 2. The van der Waals surface area contributed by atoms with Crippen LogP contribution in [0.5, 0.6) is 0 Å². The van der Waals surface area contributed by atoms with Gasteiger partial charge in [0, 0.05) is 16.8 Å². The van der Waals surface area contributed by atoms with Gasteiger partial charge in [-0.05, 0) is 6.07 Å². The lowest BCUT2D eigenvalue weighted by atomic mass is 10.3. The number of rotatable bonds is 5. The van der Waals surface area contributed by atoms with E-state index in [-0.39, 0.29) is 6.54 Å². The summed E-state index contributed by atoms with van der Waals surface area (Å²) >= 11 is 1.34. The van der Waals surface area contributed by atoms with Crippen LogP contribution in [-0.4, -0.2) is 24.2 Å². The zero-order valence-electron chi connectivity index (χ0n) is 7.83. The third kappa shape index (κ3) is 3.91. The molecule has 6 heteroatoms. The molecule has 0 bridgehead atoms. The monoisotopic (exact) mass is 232 g/mol. The van der Waals surface area contributed by atoms with E-state index in [0.717, 1.165) is 4.88 Å². The second-order valence-electron chi connectivity index (χ2n) is 3.03. The predicted octanol–water partition coefficient (Wildman–Crippen LogP) is 1.34. The lowest BCUT2D eigenvalue weighted by molar-refractivity contribution is -0.0477. The van der Waals surface area contributed by atoms with Gasteiger partial charge in [-0.2, -0.15) is 5.26 Å². The Morgan fingerprint density at radius 1 is 1.60 bits per heavy atom. The van der Waals surface area contributed by atoms with Gasteiger partial charge in [-0.25, -0.2) is 8.78 Å². The number of thiophene rings is 1. The van der Waals surface area contributed by atoms with Crippen LogP contribution in [0.3, 0.4) is 0 Å². The first-order valence-corrected chi connectivity index (χ1v) is 5.12. The summed E-state index contributed by atoms with van der Waals surface area (Å²) < 4.78 is 25.1. The fourth-order valence-electron chi connectivity index (χ4n) is 0.956. The summed E-state index contributed by atoms with van der Waals surface area (Å²) in [5.74, 6) is -3.09. The molecule has 0 aromatic carbocycles. The summed E-state index contributed by atoms with van der Waals surface area (Å²) in [4.78, 5) is 0.820. The van der Waals surface area contributed by atoms with Crippen LogP contribution in [0.1, 0.15) is 10.4 Å². The van der Waals surface area contributed by atoms with E-state index < -0.39 is 19.1 Å². The van der Waals surface area contributed by atoms with Crippen molar-refractivity contribution in [1.29, 1.82) is 5.26 Å². The topological polar surface area (TPSA) is 56.0 Å². The van der Waals surface area contributed by atoms with Gasteiger partial charge in [0.2, 0.25) is 0 Å². The molecule has 0 amide bonds. The van der Waals surface area contributed by atoms with E-state index in [1.54, 1.807) is 11.4 Å². The molecular weight excluding hydrogens is 222 g/mol. The molecule has 1 aromatic heterocycles. The van der Waals surface area contributed by atoms with Gasteiger partial charge in [-0.15, -0.1) is 11.3 Å². The summed E-state index contributed by atoms with van der Waals surface area (Å²) in [5.41, 5.74) is 0.533. The average molecular weight is 232 g/mol. The Bertz CT molecular complexity index is 359. The van der Waals surface area contributed by atoms with Gasteiger partial charge in [0.25, 0.3) is 5.92 Å². The highest BCUT2D eigenvalue weighted by atomic mass is 32.1. The van der Waals surface area contributed by atoms with Crippen LogP contribution in [0.25, 0.3) is 0 Å². The molecule has 0 unspecified atom stereocenters. The molecule has 0 saturated carbocycles. The fourth-order valence-corrected chi connectivity index (χ4v) is 1.74. The molecule has 2 N–H and O–H groups in total. The van der Waals surface area contributed by atoms with Crippen LogP contribution >= 0.6 is 11.3 Å². The van der Waals surface area contributed by atoms with Crippen molar-refractivity contribution in [3.05, 3.63) is 21.9 Å². The predicted molar refractivity (Wildman–Crippen MR) is 52.8 cm³/mol. The minimum absolute atomic E-state index is 0.280. The number of alkyl halides is 2. The average Bonchev–Trinajstić information content (AvgIpc) is 2.66. The minimum atomic E-state index is -3.09. The van der Waals surface area contributed by atoms with Gasteiger partial charge >= 0.3 is 0 Å². The standard InChI is InChI=1S/C9H10F2N2OS/c10-9(11,6-14)5-13-3-8-1-7(2-12)4-15-8/h1,4,13-14H,3,5-6H2. The molecule has 0 atom stereocenters. The van der Waals surface area contributed by atoms with Crippen molar-refractivity contribution in [3.63, 3.8) is 0 Å². The Hall–Kier alpha value is -1.03. The number of nitriles is 1. The summed E-state index contributed by atoms with van der Waals surface area (Å²) in [7, 11) is 0. The number of nitrogens with one attached hydrogen (secondary N) is 1. The third-order valence-electron chi connectivity index (χ3n) is 1.70. The van der Waals surface area contributed by atoms with E-state index in [4.69, 9.17) is 10.4 Å². The first-order valence-electron chi connectivity index (χ1n) is 4.24. The van der Waals surface area contributed by atoms with Gasteiger partial charge in [-0.1, -0.05) is 0 Å². The fraction of sp³-hybridized carbons (Fsp3) is 0.444. The van der Waals surface area contributed by atoms with Crippen molar-refractivity contribution < 1.29 is 13.9 Å². The van der Waals surface area contributed by atoms with Crippen LogP contribution in [0, 0.1) is 11.3 Å². The molecule has 15 heavy (non-hydrogen) atoms. The Morgan fingerprint density at radius 3 is 2.87 bits per heavy atom. The van der Waals surface area contributed by atoms with E-state index in [2.05, 4.69) is 5.32 Å². The van der Waals surface area contributed by atoms with E-state index >= 15 is 0 Å². The van der Waals surface area contributed by atoms with Crippen LogP contribution < -0.4 is 5.32 Å². The molecular formula is C9H10F2N2OS. The van der Waals surface area contributed by atoms with Gasteiger partial charge in [-0.3, -0.25) is 0 Å². The molecule has 0 aliphatic carbocycles. The molecule has 0 fully saturated rings. The molecule has 82 valence electrons. The maximum Gasteiger partial charge on any atom is 0.282 e. The van der Waals surface area contributed by atoms with Crippen molar-refractivity contribution in [2.75, 3.05) is 13.2 Å². The number of halogens is 2. The van der Waals surface area contributed by atoms with Gasteiger partial charge in [0.05, 0.1) is 12.1 Å². The second kappa shape index (κ2) is 5.16. The van der Waals surface area contributed by atoms with Crippen molar-refractivity contribution >= 4 is 11.3 Å². The van der Waals surface area contributed by atoms with Crippen LogP contribution in [0.15, 0.2) is 11.4 Å². The van der Waals surface area contributed by atoms with Crippen molar-refractivity contribution in [2.45, 2.75) is 12.5 Å². The van der Waals surface area contributed by atoms with E-state index in [0.29, 0.717) is 5.56 Å². The molecule has 0 aliphatic rings. The Kier molecular flexibility index (Phi) is 4.15. The van der Waals surface area contributed by atoms with Gasteiger partial charge in [0.15, 0.2) is 0 Å². The lowest BCUT2D eigenvalue weighted by Gasteiger charge is -2.13. The number of hydrogen-bond acceptors (Lipinski definition) is 4. The molecule has 1 heterocycles. The molecule has 1 rings (SSSR count). The zero-order chi connectivity index (χ0) is 11.3. The maximum atomic E-state index is 12.6. The van der Waals surface area contributed by atoms with Crippen LogP contribution in [0.2, 0.25) is 0 Å². The molecule has 0 aliphatic heterocycles. The van der Waals surface area contributed by atoms with Gasteiger partial charge in [0.1, 0.15) is 12.7 Å². The lowest BCUT2D eigenvalue weighted by Crippen LogP contribution is -2.35. The van der Waals surface area contributed by atoms with Crippen LogP contribution in [-0.2, 0) is 6.54 Å². The summed E-state index contributed by atoms with van der Waals surface area (Å²) in [6, 6.07) is 3.61. The second-order valence-corrected chi connectivity index (χ2v) is 4.03. The Morgan fingerprint density at radius 2 is 2.33 bits per heavy atom. The van der Waals surface area contributed by atoms with Crippen molar-refractivity contribution in [2.24, 2.45) is 0 Å². The molecule has 0 radical (unpaired) electrons. The highest BCUT2D eigenvalue weighted by molar-refractivity contribution is 7.10. The first kappa shape index (κ1) is 12.0. The van der Waals surface area contributed by atoms with Crippen LogP contribution in [0.4, 0.5) is 8.78 Å². The summed E-state index contributed by atoms with van der Waals surface area (Å²) in [6.45, 7) is -1.45. The Labute approximate surface area is 90.0 Å². The smallest absolute Gasteiger partial charge is 0.282 e. The molecule has 1 aromatic rings. The number of aliphatic hydroxyl groups is 1. The minimum Gasteiger partial charge on any atom is -0.390 e.